The fraction of sp³-hybridized carbons (Fsp3) is 0.375. The lowest BCUT2D eigenvalue weighted by molar-refractivity contribution is -0.148. The van der Waals surface area contributed by atoms with Crippen LogP contribution in [0.5, 0.6) is 0 Å². The number of rotatable bonds is 8. The highest BCUT2D eigenvalue weighted by Gasteiger charge is 2.32. The zero-order valence-corrected chi connectivity index (χ0v) is 24.4. The molecule has 3 aromatic rings. The molecule has 1 atom stereocenters. The number of sulfonamides is 1. The van der Waals surface area contributed by atoms with Crippen LogP contribution in [0.2, 0.25) is 0 Å². The molecule has 5 rings (SSSR count). The van der Waals surface area contributed by atoms with Gasteiger partial charge in [-0.15, -0.1) is 0 Å². The van der Waals surface area contributed by atoms with Crippen molar-refractivity contribution >= 4 is 33.3 Å². The summed E-state index contributed by atoms with van der Waals surface area (Å²) in [6.45, 7) is 5.04. The second-order valence-electron chi connectivity index (χ2n) is 10.7. The van der Waals surface area contributed by atoms with Gasteiger partial charge in [0.1, 0.15) is 4.90 Å². The van der Waals surface area contributed by atoms with Crippen LogP contribution in [0.4, 0.5) is 11.4 Å². The van der Waals surface area contributed by atoms with E-state index in [4.69, 9.17) is 4.74 Å². The lowest BCUT2D eigenvalue weighted by atomic mass is 9.88. The van der Waals surface area contributed by atoms with Gasteiger partial charge in [-0.1, -0.05) is 42.5 Å². The minimum atomic E-state index is -3.99. The van der Waals surface area contributed by atoms with E-state index < -0.39 is 10.0 Å². The molecule has 0 bridgehead atoms. The molecule has 1 amide bonds. The summed E-state index contributed by atoms with van der Waals surface area (Å²) in [5.41, 5.74) is 4.47. The number of hydrogen-bond donors (Lipinski definition) is 2. The number of esters is 1. The maximum atomic E-state index is 14.1. The Balaban J connectivity index is 1.45. The van der Waals surface area contributed by atoms with Crippen molar-refractivity contribution in [3.05, 3.63) is 89.0 Å². The Hall–Kier alpha value is -3.69. The van der Waals surface area contributed by atoms with Crippen LogP contribution in [0.25, 0.3) is 0 Å². The van der Waals surface area contributed by atoms with Gasteiger partial charge in [0.15, 0.2) is 0 Å². The minimum absolute atomic E-state index is 0.109. The number of carbonyl (C=O) groups is 2. The highest BCUT2D eigenvalue weighted by molar-refractivity contribution is 7.89. The van der Waals surface area contributed by atoms with Gasteiger partial charge in [0.05, 0.1) is 18.2 Å². The molecule has 2 N–H and O–H groups in total. The molecule has 0 saturated carbocycles. The molecule has 9 heteroatoms. The molecule has 0 unspecified atom stereocenters. The molecule has 1 aliphatic carbocycles. The zero-order chi connectivity index (χ0) is 29.0. The SMILES string of the molecule is CCOC(=O)C1CCN(c2ccc(NC(=O)c3ccccc3C)cc2S(=O)(=O)N[C@H]2CCCc3ccccc32)CC1. The van der Waals surface area contributed by atoms with Crippen molar-refractivity contribution in [1.29, 1.82) is 0 Å². The molecular weight excluding hydrogens is 538 g/mol. The van der Waals surface area contributed by atoms with E-state index in [9.17, 15) is 18.0 Å². The van der Waals surface area contributed by atoms with Crippen molar-refractivity contribution in [2.45, 2.75) is 56.9 Å². The van der Waals surface area contributed by atoms with Gasteiger partial charge in [-0.25, -0.2) is 13.1 Å². The Morgan fingerprint density at radius 2 is 1.71 bits per heavy atom. The van der Waals surface area contributed by atoms with Crippen molar-refractivity contribution in [3.63, 3.8) is 0 Å². The Labute approximate surface area is 242 Å². The standard InChI is InChI=1S/C32H37N3O5S/c1-3-40-32(37)24-17-19-35(20-18-24)29-16-15-25(33-31(36)26-12-6-4-9-22(26)2)21-30(29)41(38,39)34-28-14-8-11-23-10-5-7-13-27(23)28/h4-7,9-10,12-13,15-16,21,24,28,34H,3,8,11,14,17-20H2,1-2H3,(H,33,36)/t28-/m0/s1. The lowest BCUT2D eigenvalue weighted by Crippen LogP contribution is -2.38. The first-order valence-corrected chi connectivity index (χ1v) is 15.8. The molecule has 1 saturated heterocycles. The third-order valence-electron chi connectivity index (χ3n) is 8.02. The molecule has 8 nitrogen and oxygen atoms in total. The van der Waals surface area contributed by atoms with Crippen LogP contribution in [0.1, 0.15) is 65.7 Å². The largest absolute Gasteiger partial charge is 0.466 e. The van der Waals surface area contributed by atoms with E-state index in [-0.39, 0.29) is 28.7 Å². The van der Waals surface area contributed by atoms with Gasteiger partial charge in [-0.2, -0.15) is 0 Å². The fourth-order valence-electron chi connectivity index (χ4n) is 5.84. The summed E-state index contributed by atoms with van der Waals surface area (Å²) < 4.78 is 36.3. The first kappa shape index (κ1) is 28.8. The van der Waals surface area contributed by atoms with Crippen LogP contribution < -0.4 is 14.9 Å². The second-order valence-corrected chi connectivity index (χ2v) is 12.4. The summed E-state index contributed by atoms with van der Waals surface area (Å²) in [4.78, 5) is 27.5. The number of nitrogens with zero attached hydrogens (tertiary/aromatic N) is 1. The highest BCUT2D eigenvalue weighted by atomic mass is 32.2. The molecule has 3 aromatic carbocycles. The van der Waals surface area contributed by atoms with Gasteiger partial charge in [-0.3, -0.25) is 9.59 Å². The molecule has 0 radical (unpaired) electrons. The van der Waals surface area contributed by atoms with E-state index in [0.29, 0.717) is 55.9 Å². The predicted octanol–water partition coefficient (Wildman–Crippen LogP) is 5.38. The van der Waals surface area contributed by atoms with Gasteiger partial charge < -0.3 is 15.0 Å². The fourth-order valence-corrected chi connectivity index (χ4v) is 7.34. The molecule has 1 heterocycles. The number of aryl methyl sites for hydroxylation is 2. The molecule has 216 valence electrons. The maximum absolute atomic E-state index is 14.1. The smallest absolute Gasteiger partial charge is 0.309 e. The van der Waals surface area contributed by atoms with E-state index in [1.807, 2.05) is 42.2 Å². The first-order chi connectivity index (χ1) is 19.8. The number of fused-ring (bicyclic) bond motifs is 1. The highest BCUT2D eigenvalue weighted by Crippen LogP contribution is 2.35. The summed E-state index contributed by atoms with van der Waals surface area (Å²) in [7, 11) is -3.99. The van der Waals surface area contributed by atoms with Crippen molar-refractivity contribution < 1.29 is 22.7 Å². The van der Waals surface area contributed by atoms with Crippen LogP contribution in [0.3, 0.4) is 0 Å². The summed E-state index contributed by atoms with van der Waals surface area (Å²) in [5, 5.41) is 2.89. The number of amides is 1. The maximum Gasteiger partial charge on any atom is 0.309 e. The summed E-state index contributed by atoms with van der Waals surface area (Å²) in [6.07, 6.45) is 3.68. The molecule has 0 spiro atoms. The third kappa shape index (κ3) is 6.47. The van der Waals surface area contributed by atoms with E-state index in [1.165, 1.54) is 0 Å². The van der Waals surface area contributed by atoms with E-state index in [0.717, 1.165) is 29.5 Å². The molecule has 0 aromatic heterocycles. The average Bonchev–Trinajstić information content (AvgIpc) is 2.97. The zero-order valence-electron chi connectivity index (χ0n) is 23.6. The second kappa shape index (κ2) is 12.4. The number of hydrogen-bond acceptors (Lipinski definition) is 6. The van der Waals surface area contributed by atoms with Crippen LogP contribution in [-0.4, -0.2) is 40.0 Å². The van der Waals surface area contributed by atoms with Crippen molar-refractivity contribution in [2.75, 3.05) is 29.9 Å². The molecule has 41 heavy (non-hydrogen) atoms. The van der Waals surface area contributed by atoms with Crippen LogP contribution >= 0.6 is 0 Å². The lowest BCUT2D eigenvalue weighted by Gasteiger charge is -2.34. The summed E-state index contributed by atoms with van der Waals surface area (Å²) >= 11 is 0. The first-order valence-electron chi connectivity index (χ1n) is 14.3. The van der Waals surface area contributed by atoms with Gasteiger partial charge in [-0.05, 0) is 86.9 Å². The summed E-state index contributed by atoms with van der Waals surface area (Å²) in [5.74, 6) is -0.702. The van der Waals surface area contributed by atoms with Gasteiger partial charge >= 0.3 is 5.97 Å². The Morgan fingerprint density at radius 3 is 2.46 bits per heavy atom. The molecule has 1 fully saturated rings. The Morgan fingerprint density at radius 1 is 0.976 bits per heavy atom. The Bertz CT molecular complexity index is 1530. The third-order valence-corrected chi connectivity index (χ3v) is 9.52. The van der Waals surface area contributed by atoms with E-state index in [1.54, 1.807) is 37.3 Å². The van der Waals surface area contributed by atoms with Crippen LogP contribution in [0.15, 0.2) is 71.6 Å². The van der Waals surface area contributed by atoms with Crippen molar-refractivity contribution in [1.82, 2.24) is 4.72 Å². The number of ether oxygens (including phenoxy) is 1. The van der Waals surface area contributed by atoms with Crippen LogP contribution in [-0.2, 0) is 26.0 Å². The topological polar surface area (TPSA) is 105 Å². The van der Waals surface area contributed by atoms with Crippen LogP contribution in [0, 0.1) is 12.8 Å². The quantitative estimate of drug-likeness (QED) is 0.350. The van der Waals surface area contributed by atoms with Crippen molar-refractivity contribution in [2.24, 2.45) is 5.92 Å². The van der Waals surface area contributed by atoms with Gasteiger partial charge in [0.2, 0.25) is 10.0 Å². The molecular formula is C32H37N3O5S. The number of piperidine rings is 1. The average molecular weight is 576 g/mol. The van der Waals surface area contributed by atoms with Gasteiger partial charge in [0.25, 0.3) is 5.91 Å². The van der Waals surface area contributed by atoms with E-state index in [2.05, 4.69) is 16.1 Å². The number of carbonyl (C=O) groups excluding carboxylic acids is 2. The van der Waals surface area contributed by atoms with Crippen molar-refractivity contribution in [3.8, 4) is 0 Å². The number of anilines is 2. The minimum Gasteiger partial charge on any atom is -0.466 e. The molecule has 1 aliphatic heterocycles. The molecule has 2 aliphatic rings. The normalized spacial score (nSPS) is 17.5. The number of benzene rings is 3. The Kier molecular flexibility index (Phi) is 8.75. The summed E-state index contributed by atoms with van der Waals surface area (Å²) in [6, 6.07) is 19.9. The van der Waals surface area contributed by atoms with E-state index >= 15 is 0 Å². The van der Waals surface area contributed by atoms with Gasteiger partial charge in [0, 0.05) is 30.4 Å². The number of nitrogens with one attached hydrogen (secondary N) is 2. The predicted molar refractivity (Wildman–Crippen MR) is 160 cm³/mol. The monoisotopic (exact) mass is 575 g/mol.